The largest absolute Gasteiger partial charge is 0.486 e. The van der Waals surface area contributed by atoms with Crippen molar-refractivity contribution in [3.8, 4) is 5.75 Å². The summed E-state index contributed by atoms with van der Waals surface area (Å²) in [5.74, 6) is 0.818. The smallest absolute Gasteiger partial charge is 0.248 e. The monoisotopic (exact) mass is 361 g/mol. The van der Waals surface area contributed by atoms with Crippen molar-refractivity contribution < 1.29 is 23.8 Å². The summed E-state index contributed by atoms with van der Waals surface area (Å²) in [5, 5.41) is 0. The van der Waals surface area contributed by atoms with E-state index in [0.29, 0.717) is 56.9 Å². The third kappa shape index (κ3) is 3.91. The number of Topliss-reactive ketones (excluding diaryl/α,β-unsaturated/α-hetero) is 1. The maximum atomic E-state index is 12.7. The summed E-state index contributed by atoms with van der Waals surface area (Å²) in [4.78, 5) is 26.7. The molecule has 142 valence electrons. The predicted molar refractivity (Wildman–Crippen MR) is 96.7 cm³/mol. The van der Waals surface area contributed by atoms with Gasteiger partial charge >= 0.3 is 0 Å². The van der Waals surface area contributed by atoms with Gasteiger partial charge in [0.15, 0.2) is 5.78 Å². The molecular weight excluding hydrogens is 334 g/mol. The molecule has 1 spiro atoms. The van der Waals surface area contributed by atoms with E-state index in [2.05, 4.69) is 0 Å². The van der Waals surface area contributed by atoms with E-state index in [9.17, 15) is 9.59 Å². The molecule has 1 fully saturated rings. The molecule has 0 saturated carbocycles. The number of nitrogens with zero attached hydrogens (tertiary/aromatic N) is 1. The number of hydrogen-bond donors (Lipinski definition) is 0. The second kappa shape index (κ2) is 7.76. The number of rotatable bonds is 5. The van der Waals surface area contributed by atoms with Crippen LogP contribution in [0.15, 0.2) is 12.1 Å². The number of fused-ring (bicyclic) bond motifs is 1. The number of piperidine rings is 1. The minimum atomic E-state index is -0.488. The van der Waals surface area contributed by atoms with Crippen LogP contribution in [0.5, 0.6) is 5.75 Å². The van der Waals surface area contributed by atoms with Gasteiger partial charge in [0.05, 0.1) is 25.2 Å². The molecule has 6 heteroatoms. The molecule has 1 amide bonds. The van der Waals surface area contributed by atoms with Crippen molar-refractivity contribution in [1.29, 1.82) is 0 Å². The van der Waals surface area contributed by atoms with Crippen molar-refractivity contribution in [3.63, 3.8) is 0 Å². The van der Waals surface area contributed by atoms with Gasteiger partial charge in [0.25, 0.3) is 0 Å². The molecule has 0 radical (unpaired) electrons. The van der Waals surface area contributed by atoms with Crippen LogP contribution in [-0.2, 0) is 14.3 Å². The minimum absolute atomic E-state index is 0.0230. The van der Waals surface area contributed by atoms with Gasteiger partial charge in [-0.25, -0.2) is 0 Å². The van der Waals surface area contributed by atoms with Crippen molar-refractivity contribution in [2.75, 3.05) is 40.0 Å². The fourth-order valence-corrected chi connectivity index (χ4v) is 3.85. The molecule has 3 rings (SSSR count). The first-order valence-electron chi connectivity index (χ1n) is 9.12. The SMILES string of the molecule is COCCOCC(=O)N1CCC2(CC1)CC(=O)c1c(C)cc(C)cc1O2. The highest BCUT2D eigenvalue weighted by atomic mass is 16.5. The highest BCUT2D eigenvalue weighted by molar-refractivity contribution is 6.01. The van der Waals surface area contributed by atoms with E-state index in [0.717, 1.165) is 11.1 Å². The lowest BCUT2D eigenvalue weighted by Crippen LogP contribution is -2.53. The number of benzene rings is 1. The van der Waals surface area contributed by atoms with E-state index in [4.69, 9.17) is 14.2 Å². The third-order valence-electron chi connectivity index (χ3n) is 5.22. The minimum Gasteiger partial charge on any atom is -0.486 e. The third-order valence-corrected chi connectivity index (χ3v) is 5.22. The molecule has 2 heterocycles. The van der Waals surface area contributed by atoms with Gasteiger partial charge in [0.1, 0.15) is 18.0 Å². The van der Waals surface area contributed by atoms with Crippen molar-refractivity contribution in [2.24, 2.45) is 0 Å². The summed E-state index contributed by atoms with van der Waals surface area (Å²) in [6, 6.07) is 3.96. The first-order valence-corrected chi connectivity index (χ1v) is 9.12. The number of likely N-dealkylation sites (tertiary alicyclic amines) is 1. The molecular formula is C20H27NO5. The first-order chi connectivity index (χ1) is 12.4. The lowest BCUT2D eigenvalue weighted by atomic mass is 9.81. The Labute approximate surface area is 154 Å². The molecule has 0 atom stereocenters. The molecule has 1 aromatic carbocycles. The Kier molecular flexibility index (Phi) is 5.63. The van der Waals surface area contributed by atoms with Gasteiger partial charge in [-0.1, -0.05) is 6.07 Å². The number of ketones is 1. The molecule has 0 aliphatic carbocycles. The Bertz CT molecular complexity index is 692. The molecule has 1 aromatic rings. The fraction of sp³-hybridized carbons (Fsp3) is 0.600. The second-order valence-electron chi connectivity index (χ2n) is 7.27. The lowest BCUT2D eigenvalue weighted by Gasteiger charge is -2.44. The van der Waals surface area contributed by atoms with Crippen LogP contribution in [0.25, 0.3) is 0 Å². The Morgan fingerprint density at radius 3 is 2.65 bits per heavy atom. The number of ether oxygens (including phenoxy) is 3. The quantitative estimate of drug-likeness (QED) is 0.753. The van der Waals surface area contributed by atoms with Crippen molar-refractivity contribution in [2.45, 2.75) is 38.7 Å². The summed E-state index contributed by atoms with van der Waals surface area (Å²) >= 11 is 0. The van der Waals surface area contributed by atoms with Crippen molar-refractivity contribution in [1.82, 2.24) is 4.90 Å². The summed E-state index contributed by atoms with van der Waals surface area (Å²) in [6.45, 7) is 6.08. The van der Waals surface area contributed by atoms with Gasteiger partial charge in [-0.2, -0.15) is 0 Å². The standard InChI is InChI=1S/C20H27NO5/c1-14-10-15(2)19-16(22)12-20(26-17(19)11-14)4-6-21(7-5-20)18(23)13-25-9-8-24-3/h10-11H,4-9,12-13H2,1-3H3. The highest BCUT2D eigenvalue weighted by Gasteiger charge is 2.44. The van der Waals surface area contributed by atoms with E-state index in [1.165, 1.54) is 0 Å². The van der Waals surface area contributed by atoms with Crippen LogP contribution in [-0.4, -0.2) is 62.2 Å². The van der Waals surface area contributed by atoms with Crippen LogP contribution in [0.3, 0.4) is 0 Å². The zero-order chi connectivity index (χ0) is 18.7. The van der Waals surface area contributed by atoms with Crippen molar-refractivity contribution >= 4 is 11.7 Å². The van der Waals surface area contributed by atoms with Gasteiger partial charge in [-0.15, -0.1) is 0 Å². The van der Waals surface area contributed by atoms with Crippen LogP contribution in [0, 0.1) is 13.8 Å². The fourth-order valence-electron chi connectivity index (χ4n) is 3.85. The van der Waals surface area contributed by atoms with E-state index in [1.807, 2.05) is 26.0 Å². The maximum absolute atomic E-state index is 12.7. The highest BCUT2D eigenvalue weighted by Crippen LogP contribution is 2.41. The number of methoxy groups -OCH3 is 1. The van der Waals surface area contributed by atoms with E-state index in [-0.39, 0.29) is 18.3 Å². The van der Waals surface area contributed by atoms with E-state index < -0.39 is 5.60 Å². The van der Waals surface area contributed by atoms with Crippen LogP contribution in [0.2, 0.25) is 0 Å². The topological polar surface area (TPSA) is 65.1 Å². The zero-order valence-corrected chi connectivity index (χ0v) is 15.8. The molecule has 2 aliphatic rings. The Morgan fingerprint density at radius 1 is 1.23 bits per heavy atom. The second-order valence-corrected chi connectivity index (χ2v) is 7.27. The summed E-state index contributed by atoms with van der Waals surface area (Å²) in [6.07, 6.45) is 1.71. The molecule has 2 aliphatic heterocycles. The van der Waals surface area contributed by atoms with Gasteiger partial charge < -0.3 is 19.1 Å². The molecule has 26 heavy (non-hydrogen) atoms. The summed E-state index contributed by atoms with van der Waals surface area (Å²) < 4.78 is 16.5. The van der Waals surface area contributed by atoms with Gasteiger partial charge in [-0.05, 0) is 31.0 Å². The number of aryl methyl sites for hydroxylation is 2. The Morgan fingerprint density at radius 2 is 1.96 bits per heavy atom. The van der Waals surface area contributed by atoms with Crippen molar-refractivity contribution in [3.05, 3.63) is 28.8 Å². The lowest BCUT2D eigenvalue weighted by molar-refractivity contribution is -0.140. The maximum Gasteiger partial charge on any atom is 0.248 e. The van der Waals surface area contributed by atoms with Gasteiger partial charge in [0, 0.05) is 33.0 Å². The van der Waals surface area contributed by atoms with Crippen LogP contribution >= 0.6 is 0 Å². The number of carbonyl (C=O) groups is 2. The number of amides is 1. The normalized spacial score (nSPS) is 18.6. The average Bonchev–Trinajstić information content (AvgIpc) is 2.58. The molecule has 0 aromatic heterocycles. The number of hydrogen-bond acceptors (Lipinski definition) is 5. The van der Waals surface area contributed by atoms with Gasteiger partial charge in [-0.3, -0.25) is 9.59 Å². The average molecular weight is 361 g/mol. The van der Waals surface area contributed by atoms with E-state index in [1.54, 1.807) is 12.0 Å². The Balaban J connectivity index is 1.62. The predicted octanol–water partition coefficient (Wildman–Crippen LogP) is 2.29. The van der Waals surface area contributed by atoms with Gasteiger partial charge in [0.2, 0.25) is 5.91 Å². The van der Waals surface area contributed by atoms with E-state index >= 15 is 0 Å². The first kappa shape index (κ1) is 18.9. The summed E-state index contributed by atoms with van der Waals surface area (Å²) in [7, 11) is 1.60. The van der Waals surface area contributed by atoms with Crippen LogP contribution < -0.4 is 4.74 Å². The Hall–Kier alpha value is -1.92. The van der Waals surface area contributed by atoms with Crippen LogP contribution in [0.1, 0.15) is 40.7 Å². The summed E-state index contributed by atoms with van der Waals surface area (Å²) in [5.41, 5.74) is 2.29. The molecule has 0 bridgehead atoms. The molecule has 6 nitrogen and oxygen atoms in total. The number of carbonyl (C=O) groups excluding carboxylic acids is 2. The molecule has 0 unspecified atom stereocenters. The molecule has 0 N–H and O–H groups in total. The molecule has 1 saturated heterocycles. The van der Waals surface area contributed by atoms with Crippen LogP contribution in [0.4, 0.5) is 0 Å². The zero-order valence-electron chi connectivity index (χ0n) is 15.8.